The molecule has 2 aromatic heterocycles. The van der Waals surface area contributed by atoms with E-state index in [1.165, 1.54) is 12.1 Å². The fourth-order valence-corrected chi connectivity index (χ4v) is 5.12. The predicted molar refractivity (Wildman–Crippen MR) is 131 cm³/mol. The summed E-state index contributed by atoms with van der Waals surface area (Å²) in [6, 6.07) is 21.6. The first-order valence-electron chi connectivity index (χ1n) is 10.5. The molecule has 0 atom stereocenters. The van der Waals surface area contributed by atoms with Gasteiger partial charge in [-0.2, -0.15) is 0 Å². The minimum atomic E-state index is -3.69. The number of aromatic amines is 1. The first-order chi connectivity index (χ1) is 15.7. The number of aromatic nitrogens is 2. The zero-order valence-electron chi connectivity index (χ0n) is 18.7. The fourth-order valence-electron chi connectivity index (χ4n) is 3.70. The van der Waals surface area contributed by atoms with E-state index < -0.39 is 15.6 Å². The monoisotopic (exact) mass is 459 g/mol. The molecule has 6 nitrogen and oxygen atoms in total. The molecule has 0 saturated heterocycles. The molecule has 0 aliphatic rings. The topological polar surface area (TPSA) is 91.9 Å². The van der Waals surface area contributed by atoms with E-state index in [1.54, 1.807) is 45.3 Å². The SMILES string of the molecule is CC(C)(C)NS(=O)(=O)c1ccc(-c2c(-c3ccccc3)c(-c3ccccn3)c[nH]c2=O)cc1. The minimum absolute atomic E-state index is 0.139. The molecule has 2 heterocycles. The van der Waals surface area contributed by atoms with E-state index >= 15 is 0 Å². The molecule has 2 aromatic carbocycles. The highest BCUT2D eigenvalue weighted by Crippen LogP contribution is 2.37. The van der Waals surface area contributed by atoms with E-state index in [4.69, 9.17) is 0 Å². The van der Waals surface area contributed by atoms with Gasteiger partial charge in [-0.1, -0.05) is 48.5 Å². The van der Waals surface area contributed by atoms with Crippen LogP contribution < -0.4 is 10.3 Å². The van der Waals surface area contributed by atoms with Crippen LogP contribution in [-0.4, -0.2) is 23.9 Å². The molecule has 7 heteroatoms. The number of H-pyrrole nitrogens is 1. The van der Waals surface area contributed by atoms with Gasteiger partial charge >= 0.3 is 0 Å². The van der Waals surface area contributed by atoms with Gasteiger partial charge in [0.15, 0.2) is 0 Å². The van der Waals surface area contributed by atoms with Gasteiger partial charge < -0.3 is 4.98 Å². The lowest BCUT2D eigenvalue weighted by atomic mass is 9.91. The van der Waals surface area contributed by atoms with Crippen LogP contribution in [0.1, 0.15) is 20.8 Å². The molecule has 0 saturated carbocycles. The number of pyridine rings is 2. The second kappa shape index (κ2) is 8.77. The maximum atomic E-state index is 13.1. The van der Waals surface area contributed by atoms with Gasteiger partial charge in [0.25, 0.3) is 5.56 Å². The van der Waals surface area contributed by atoms with Crippen LogP contribution in [-0.2, 0) is 10.0 Å². The van der Waals surface area contributed by atoms with Crippen LogP contribution in [0, 0.1) is 0 Å². The Bertz CT molecular complexity index is 1420. The Labute approximate surface area is 193 Å². The second-order valence-corrected chi connectivity index (χ2v) is 10.4. The van der Waals surface area contributed by atoms with E-state index in [1.807, 2.05) is 48.5 Å². The quantitative estimate of drug-likeness (QED) is 0.446. The molecule has 4 aromatic rings. The van der Waals surface area contributed by atoms with Crippen molar-refractivity contribution in [2.45, 2.75) is 31.2 Å². The molecule has 0 radical (unpaired) electrons. The highest BCUT2D eigenvalue weighted by molar-refractivity contribution is 7.89. The van der Waals surface area contributed by atoms with Crippen LogP contribution in [0.2, 0.25) is 0 Å². The van der Waals surface area contributed by atoms with Crippen molar-refractivity contribution in [3.8, 4) is 33.5 Å². The van der Waals surface area contributed by atoms with Crippen molar-refractivity contribution < 1.29 is 8.42 Å². The Balaban J connectivity index is 1.91. The third kappa shape index (κ3) is 4.94. The Hall–Kier alpha value is -3.55. The summed E-state index contributed by atoms with van der Waals surface area (Å²) in [5.41, 5.74) is 3.31. The number of sulfonamides is 1. The Morgan fingerprint density at radius 3 is 2.06 bits per heavy atom. The van der Waals surface area contributed by atoms with Crippen molar-refractivity contribution in [1.82, 2.24) is 14.7 Å². The van der Waals surface area contributed by atoms with Crippen LogP contribution in [0.3, 0.4) is 0 Å². The summed E-state index contributed by atoms with van der Waals surface area (Å²) >= 11 is 0. The van der Waals surface area contributed by atoms with Gasteiger partial charge in [0, 0.05) is 29.1 Å². The van der Waals surface area contributed by atoms with Crippen LogP contribution in [0.5, 0.6) is 0 Å². The van der Waals surface area contributed by atoms with Crippen molar-refractivity contribution >= 4 is 10.0 Å². The summed E-state index contributed by atoms with van der Waals surface area (Å²) in [7, 11) is -3.69. The Kier molecular flexibility index (Phi) is 6.01. The van der Waals surface area contributed by atoms with Crippen LogP contribution in [0.25, 0.3) is 33.5 Å². The smallest absolute Gasteiger partial charge is 0.256 e. The predicted octanol–water partition coefficient (Wildman–Crippen LogP) is 4.85. The van der Waals surface area contributed by atoms with Crippen LogP contribution >= 0.6 is 0 Å². The van der Waals surface area contributed by atoms with Crippen LogP contribution in [0.4, 0.5) is 0 Å². The minimum Gasteiger partial charge on any atom is -0.328 e. The summed E-state index contributed by atoms with van der Waals surface area (Å²) in [4.78, 5) is 20.5. The maximum Gasteiger partial charge on any atom is 0.256 e. The van der Waals surface area contributed by atoms with E-state index in [0.717, 1.165) is 22.4 Å². The molecule has 0 aliphatic carbocycles. The summed E-state index contributed by atoms with van der Waals surface area (Å²) in [6.07, 6.45) is 3.37. The summed E-state index contributed by atoms with van der Waals surface area (Å²) < 4.78 is 28.1. The molecular formula is C26H25N3O3S. The summed E-state index contributed by atoms with van der Waals surface area (Å²) in [6.45, 7) is 5.36. The molecule has 0 spiro atoms. The highest BCUT2D eigenvalue weighted by Gasteiger charge is 2.23. The molecule has 0 amide bonds. The zero-order valence-corrected chi connectivity index (χ0v) is 19.5. The third-order valence-electron chi connectivity index (χ3n) is 4.99. The lowest BCUT2D eigenvalue weighted by Crippen LogP contribution is -2.40. The van der Waals surface area contributed by atoms with Gasteiger partial charge in [-0.3, -0.25) is 9.78 Å². The molecule has 0 fully saturated rings. The van der Waals surface area contributed by atoms with Gasteiger partial charge in [-0.15, -0.1) is 0 Å². The number of hydrogen-bond acceptors (Lipinski definition) is 4. The number of nitrogens with zero attached hydrogens (tertiary/aromatic N) is 1. The molecule has 0 bridgehead atoms. The average Bonchev–Trinajstić information content (AvgIpc) is 2.78. The Morgan fingerprint density at radius 1 is 0.818 bits per heavy atom. The highest BCUT2D eigenvalue weighted by atomic mass is 32.2. The lowest BCUT2D eigenvalue weighted by molar-refractivity contribution is 0.491. The molecule has 0 unspecified atom stereocenters. The third-order valence-corrected chi connectivity index (χ3v) is 6.77. The van der Waals surface area contributed by atoms with Crippen LogP contribution in [0.15, 0.2) is 94.9 Å². The van der Waals surface area contributed by atoms with Gasteiger partial charge in [-0.25, -0.2) is 13.1 Å². The first-order valence-corrected chi connectivity index (χ1v) is 12.0. The van der Waals surface area contributed by atoms with Gasteiger partial charge in [0.1, 0.15) is 0 Å². The van der Waals surface area contributed by atoms with Gasteiger partial charge in [-0.05, 0) is 56.2 Å². The van der Waals surface area contributed by atoms with Gasteiger partial charge in [0.05, 0.1) is 16.2 Å². The normalized spacial score (nSPS) is 12.0. The molecule has 0 aliphatic heterocycles. The number of benzene rings is 2. The molecule has 33 heavy (non-hydrogen) atoms. The maximum absolute atomic E-state index is 13.1. The summed E-state index contributed by atoms with van der Waals surface area (Å²) in [5, 5.41) is 0. The molecule has 4 rings (SSSR count). The number of rotatable bonds is 5. The largest absolute Gasteiger partial charge is 0.328 e. The molecule has 2 N–H and O–H groups in total. The molecular weight excluding hydrogens is 434 g/mol. The van der Waals surface area contributed by atoms with E-state index in [-0.39, 0.29) is 10.5 Å². The van der Waals surface area contributed by atoms with Crippen molar-refractivity contribution in [2.75, 3.05) is 0 Å². The zero-order chi connectivity index (χ0) is 23.6. The number of nitrogens with one attached hydrogen (secondary N) is 2. The number of hydrogen-bond donors (Lipinski definition) is 2. The van der Waals surface area contributed by atoms with Crippen molar-refractivity contribution in [3.63, 3.8) is 0 Å². The fraction of sp³-hybridized carbons (Fsp3) is 0.154. The van der Waals surface area contributed by atoms with Crippen molar-refractivity contribution in [2.24, 2.45) is 0 Å². The lowest BCUT2D eigenvalue weighted by Gasteiger charge is -2.20. The standard InChI is InChI=1S/C26H25N3O3S/c1-26(2,3)29-33(31,32)20-14-12-19(13-15-20)24-23(18-9-5-4-6-10-18)21(17-28-25(24)30)22-11-7-8-16-27-22/h4-17,29H,1-3H3,(H,28,30). The summed E-state index contributed by atoms with van der Waals surface area (Å²) in [5.74, 6) is 0. The van der Waals surface area contributed by atoms with E-state index in [9.17, 15) is 13.2 Å². The van der Waals surface area contributed by atoms with Crippen molar-refractivity contribution in [1.29, 1.82) is 0 Å². The second-order valence-electron chi connectivity index (χ2n) is 8.74. The van der Waals surface area contributed by atoms with Gasteiger partial charge in [0.2, 0.25) is 10.0 Å². The van der Waals surface area contributed by atoms with E-state index in [0.29, 0.717) is 11.1 Å². The molecule has 168 valence electrons. The Morgan fingerprint density at radius 2 is 1.45 bits per heavy atom. The average molecular weight is 460 g/mol. The first kappa shape index (κ1) is 22.6. The van der Waals surface area contributed by atoms with Crippen molar-refractivity contribution in [3.05, 3.63) is 95.5 Å². The van der Waals surface area contributed by atoms with E-state index in [2.05, 4.69) is 14.7 Å².